The third kappa shape index (κ3) is 4.22. The van der Waals surface area contributed by atoms with Crippen LogP contribution < -0.4 is 5.32 Å². The molecule has 0 aliphatic rings. The van der Waals surface area contributed by atoms with Gasteiger partial charge in [-0.3, -0.25) is 0 Å². The van der Waals surface area contributed by atoms with E-state index in [2.05, 4.69) is 63.3 Å². The van der Waals surface area contributed by atoms with Gasteiger partial charge in [-0.25, -0.2) is 4.79 Å². The first-order chi connectivity index (χ1) is 11.9. The first-order valence-electron chi connectivity index (χ1n) is 9.10. The molecule has 0 aliphatic carbocycles. The molecule has 0 spiro atoms. The summed E-state index contributed by atoms with van der Waals surface area (Å²) in [5.41, 5.74) is 3.18. The highest BCUT2D eigenvalue weighted by molar-refractivity contribution is 5.75. The Morgan fingerprint density at radius 2 is 1.72 bits per heavy atom. The fraction of sp³-hybridized carbons (Fsp3) is 0.409. The zero-order valence-corrected chi connectivity index (χ0v) is 16.0. The van der Waals surface area contributed by atoms with E-state index in [1.165, 1.54) is 5.56 Å². The average molecular weight is 338 g/mol. The minimum atomic E-state index is -0.334. The van der Waals surface area contributed by atoms with Gasteiger partial charge in [0, 0.05) is 7.05 Å². The van der Waals surface area contributed by atoms with Crippen molar-refractivity contribution in [2.24, 2.45) is 0 Å². The Morgan fingerprint density at radius 3 is 2.28 bits per heavy atom. The van der Waals surface area contributed by atoms with Crippen molar-refractivity contribution in [1.29, 1.82) is 0 Å². The van der Waals surface area contributed by atoms with Gasteiger partial charge in [-0.05, 0) is 37.8 Å². The predicted octanol–water partition coefficient (Wildman–Crippen LogP) is 5.41. The van der Waals surface area contributed by atoms with Gasteiger partial charge in [0.15, 0.2) is 0 Å². The molecule has 0 heterocycles. The Kier molecular flexibility index (Phi) is 6.24. The lowest BCUT2D eigenvalue weighted by Gasteiger charge is -2.36. The number of benzene rings is 2. The Bertz CT molecular complexity index is 692. The maximum Gasteiger partial charge on any atom is 0.318 e. The standard InChI is InChI=1S/C22H30N2O/c1-6-22(7-2,20-14-9-8-10-15-20)23-21(25)24(5)18(4)19-13-11-12-17(3)16-19/h8-16,18H,6-7H2,1-5H3,(H,23,25). The SMILES string of the molecule is CCC(CC)(NC(=O)N(C)C(C)c1cccc(C)c1)c1ccccc1. The lowest BCUT2D eigenvalue weighted by Crippen LogP contribution is -2.50. The fourth-order valence-corrected chi connectivity index (χ4v) is 3.29. The van der Waals surface area contributed by atoms with Crippen LogP contribution in [0.2, 0.25) is 0 Å². The van der Waals surface area contributed by atoms with E-state index in [0.29, 0.717) is 0 Å². The number of nitrogens with one attached hydrogen (secondary N) is 1. The summed E-state index contributed by atoms with van der Waals surface area (Å²) in [6, 6.07) is 18.6. The second-order valence-electron chi connectivity index (χ2n) is 6.79. The van der Waals surface area contributed by atoms with Crippen molar-refractivity contribution in [1.82, 2.24) is 10.2 Å². The number of amides is 2. The summed E-state index contributed by atoms with van der Waals surface area (Å²) in [7, 11) is 1.86. The monoisotopic (exact) mass is 338 g/mol. The van der Waals surface area contributed by atoms with Crippen LogP contribution in [0.3, 0.4) is 0 Å². The summed E-state index contributed by atoms with van der Waals surface area (Å²) >= 11 is 0. The molecule has 0 radical (unpaired) electrons. The minimum absolute atomic E-state index is 0.0158. The maximum atomic E-state index is 13.0. The van der Waals surface area contributed by atoms with E-state index in [4.69, 9.17) is 0 Å². The molecule has 2 rings (SSSR count). The number of nitrogens with zero attached hydrogens (tertiary/aromatic N) is 1. The zero-order chi connectivity index (χ0) is 18.4. The highest BCUT2D eigenvalue weighted by Crippen LogP contribution is 2.29. The lowest BCUT2D eigenvalue weighted by atomic mass is 9.85. The molecule has 0 saturated heterocycles. The molecule has 1 atom stereocenters. The summed E-state index contributed by atoms with van der Waals surface area (Å²) < 4.78 is 0. The van der Waals surface area contributed by atoms with Gasteiger partial charge in [-0.2, -0.15) is 0 Å². The predicted molar refractivity (Wildman–Crippen MR) is 105 cm³/mol. The average Bonchev–Trinajstić information content (AvgIpc) is 2.65. The smallest absolute Gasteiger partial charge is 0.318 e. The number of rotatable bonds is 6. The fourth-order valence-electron chi connectivity index (χ4n) is 3.29. The van der Waals surface area contributed by atoms with Crippen LogP contribution in [0.15, 0.2) is 54.6 Å². The summed E-state index contributed by atoms with van der Waals surface area (Å²) in [5.74, 6) is 0. The Balaban J connectivity index is 2.20. The molecule has 3 nitrogen and oxygen atoms in total. The summed E-state index contributed by atoms with van der Waals surface area (Å²) in [6.07, 6.45) is 1.71. The van der Waals surface area contributed by atoms with Crippen LogP contribution in [0, 0.1) is 6.92 Å². The zero-order valence-electron chi connectivity index (χ0n) is 16.0. The number of hydrogen-bond acceptors (Lipinski definition) is 1. The van der Waals surface area contributed by atoms with E-state index in [1.54, 1.807) is 4.90 Å². The van der Waals surface area contributed by atoms with Crippen molar-refractivity contribution in [2.45, 2.75) is 52.1 Å². The van der Waals surface area contributed by atoms with Crippen LogP contribution in [0.1, 0.15) is 56.3 Å². The summed E-state index contributed by atoms with van der Waals surface area (Å²) in [4.78, 5) is 14.8. The van der Waals surface area contributed by atoms with Crippen LogP contribution in [0.25, 0.3) is 0 Å². The molecule has 25 heavy (non-hydrogen) atoms. The highest BCUT2D eigenvalue weighted by Gasteiger charge is 2.32. The molecular weight excluding hydrogens is 308 g/mol. The van der Waals surface area contributed by atoms with Crippen LogP contribution in [-0.4, -0.2) is 18.0 Å². The first kappa shape index (κ1) is 19.0. The number of carbonyl (C=O) groups is 1. The molecule has 0 bridgehead atoms. The molecule has 2 aromatic carbocycles. The van der Waals surface area contributed by atoms with E-state index < -0.39 is 0 Å². The molecule has 3 heteroatoms. The minimum Gasteiger partial charge on any atom is -0.328 e. The molecule has 0 saturated carbocycles. The van der Waals surface area contributed by atoms with E-state index in [-0.39, 0.29) is 17.6 Å². The lowest BCUT2D eigenvalue weighted by molar-refractivity contribution is 0.175. The van der Waals surface area contributed by atoms with Gasteiger partial charge in [-0.1, -0.05) is 74.0 Å². The molecule has 2 amide bonds. The second-order valence-corrected chi connectivity index (χ2v) is 6.79. The van der Waals surface area contributed by atoms with Crippen LogP contribution in [0.4, 0.5) is 4.79 Å². The van der Waals surface area contributed by atoms with Gasteiger partial charge >= 0.3 is 6.03 Å². The second kappa shape index (κ2) is 8.19. The summed E-state index contributed by atoms with van der Waals surface area (Å²) in [6.45, 7) is 8.39. The summed E-state index contributed by atoms with van der Waals surface area (Å²) in [5, 5.41) is 3.30. The first-order valence-corrected chi connectivity index (χ1v) is 9.10. The van der Waals surface area contributed by atoms with Gasteiger partial charge in [-0.15, -0.1) is 0 Å². The van der Waals surface area contributed by atoms with E-state index in [1.807, 2.05) is 31.3 Å². The van der Waals surface area contributed by atoms with Crippen molar-refractivity contribution >= 4 is 6.03 Å². The van der Waals surface area contributed by atoms with Crippen LogP contribution in [0.5, 0.6) is 0 Å². The van der Waals surface area contributed by atoms with Crippen molar-refractivity contribution in [3.63, 3.8) is 0 Å². The Morgan fingerprint density at radius 1 is 1.08 bits per heavy atom. The molecule has 1 unspecified atom stereocenters. The molecule has 1 N–H and O–H groups in total. The van der Waals surface area contributed by atoms with Crippen molar-refractivity contribution in [3.05, 3.63) is 71.3 Å². The number of urea groups is 1. The number of carbonyl (C=O) groups excluding carboxylic acids is 1. The molecular formula is C22H30N2O. The number of hydrogen-bond donors (Lipinski definition) is 1. The van der Waals surface area contributed by atoms with Gasteiger partial charge < -0.3 is 10.2 Å². The topological polar surface area (TPSA) is 32.3 Å². The Hall–Kier alpha value is -2.29. The van der Waals surface area contributed by atoms with Crippen molar-refractivity contribution in [2.75, 3.05) is 7.05 Å². The normalized spacial score (nSPS) is 12.5. The van der Waals surface area contributed by atoms with Crippen molar-refractivity contribution < 1.29 is 4.79 Å². The molecule has 134 valence electrons. The largest absolute Gasteiger partial charge is 0.328 e. The van der Waals surface area contributed by atoms with Gasteiger partial charge in [0.1, 0.15) is 0 Å². The third-order valence-corrected chi connectivity index (χ3v) is 5.31. The van der Waals surface area contributed by atoms with E-state index >= 15 is 0 Å². The third-order valence-electron chi connectivity index (χ3n) is 5.31. The van der Waals surface area contributed by atoms with E-state index in [0.717, 1.165) is 24.0 Å². The van der Waals surface area contributed by atoms with Gasteiger partial charge in [0.2, 0.25) is 0 Å². The Labute approximate surface area is 152 Å². The maximum absolute atomic E-state index is 13.0. The quantitative estimate of drug-likeness (QED) is 0.750. The van der Waals surface area contributed by atoms with Gasteiger partial charge in [0.25, 0.3) is 0 Å². The van der Waals surface area contributed by atoms with Crippen LogP contribution >= 0.6 is 0 Å². The van der Waals surface area contributed by atoms with Gasteiger partial charge in [0.05, 0.1) is 11.6 Å². The highest BCUT2D eigenvalue weighted by atomic mass is 16.2. The van der Waals surface area contributed by atoms with E-state index in [9.17, 15) is 4.79 Å². The van der Waals surface area contributed by atoms with Crippen LogP contribution in [-0.2, 0) is 5.54 Å². The molecule has 0 aliphatic heterocycles. The number of aryl methyl sites for hydroxylation is 1. The molecule has 0 fully saturated rings. The molecule has 2 aromatic rings. The molecule has 0 aromatic heterocycles. The van der Waals surface area contributed by atoms with Crippen molar-refractivity contribution in [3.8, 4) is 0 Å².